The highest BCUT2D eigenvalue weighted by Gasteiger charge is 2.25. The molecule has 0 spiro atoms. The molecule has 0 fully saturated rings. The number of imidazole rings is 1. The Morgan fingerprint density at radius 1 is 1.24 bits per heavy atom. The maximum Gasteiger partial charge on any atom is 0.191 e. The predicted octanol–water partition coefficient (Wildman–Crippen LogP) is 3.56. The molecule has 0 saturated carbocycles. The van der Waals surface area contributed by atoms with Crippen LogP contribution in [-0.2, 0) is 6.54 Å². The van der Waals surface area contributed by atoms with Crippen LogP contribution in [0.2, 0.25) is 0 Å². The molecular weight excluding hydrogens is 369 g/mol. The molecule has 6 nitrogen and oxygen atoms in total. The Kier molecular flexibility index (Phi) is 8.64. The van der Waals surface area contributed by atoms with Crippen LogP contribution in [0.15, 0.2) is 35.6 Å². The Hall–Kier alpha value is -2.41. The van der Waals surface area contributed by atoms with Gasteiger partial charge in [0, 0.05) is 32.1 Å². The quantitative estimate of drug-likeness (QED) is 0.419. The van der Waals surface area contributed by atoms with E-state index >= 15 is 0 Å². The number of aliphatic hydroxyl groups excluding tert-OH is 1. The third kappa shape index (κ3) is 6.03. The Bertz CT molecular complexity index is 798. The van der Waals surface area contributed by atoms with Gasteiger partial charge >= 0.3 is 0 Å². The van der Waals surface area contributed by atoms with Crippen LogP contribution in [0.25, 0.3) is 5.69 Å². The molecule has 0 aliphatic rings. The number of benzene rings is 1. The molecule has 2 aromatic rings. The van der Waals surface area contributed by atoms with Crippen molar-refractivity contribution in [1.82, 2.24) is 20.2 Å². The molecule has 0 radical (unpaired) electrons. The van der Waals surface area contributed by atoms with Crippen molar-refractivity contribution in [1.29, 1.82) is 0 Å². The Morgan fingerprint density at radius 3 is 2.55 bits per heavy atom. The van der Waals surface area contributed by atoms with Gasteiger partial charge in [0.05, 0.1) is 12.2 Å². The molecule has 0 saturated heterocycles. The first kappa shape index (κ1) is 22.9. The number of hydrogen-bond donors (Lipinski definition) is 3. The first-order chi connectivity index (χ1) is 14.0. The third-order valence-electron chi connectivity index (χ3n) is 5.63. The average molecular weight is 404 g/mol. The summed E-state index contributed by atoms with van der Waals surface area (Å²) in [5.74, 6) is 1.15. The van der Waals surface area contributed by atoms with Crippen molar-refractivity contribution in [2.45, 2.75) is 53.5 Å². The Morgan fingerprint density at radius 2 is 2.00 bits per heavy atom. The highest BCUT2D eigenvalue weighted by Crippen LogP contribution is 2.29. The maximum atomic E-state index is 14.6. The molecule has 0 unspecified atom stereocenters. The fourth-order valence-corrected chi connectivity index (χ4v) is 3.44. The summed E-state index contributed by atoms with van der Waals surface area (Å²) >= 11 is 0. The van der Waals surface area contributed by atoms with E-state index in [9.17, 15) is 9.50 Å². The van der Waals surface area contributed by atoms with E-state index in [1.165, 1.54) is 6.07 Å². The molecule has 29 heavy (non-hydrogen) atoms. The van der Waals surface area contributed by atoms with Crippen LogP contribution in [0.1, 0.15) is 51.4 Å². The van der Waals surface area contributed by atoms with Crippen molar-refractivity contribution in [3.63, 3.8) is 0 Å². The fraction of sp³-hybridized carbons (Fsp3) is 0.545. The molecule has 1 aromatic heterocycles. The van der Waals surface area contributed by atoms with Crippen molar-refractivity contribution < 1.29 is 9.50 Å². The molecule has 0 bridgehead atoms. The second-order valence-electron chi connectivity index (χ2n) is 7.36. The molecule has 0 amide bonds. The smallest absolute Gasteiger partial charge is 0.191 e. The summed E-state index contributed by atoms with van der Waals surface area (Å²) in [6, 6.07) is 5.17. The van der Waals surface area contributed by atoms with Crippen LogP contribution in [-0.4, -0.2) is 40.3 Å². The number of aliphatic hydroxyl groups is 1. The van der Waals surface area contributed by atoms with Crippen LogP contribution in [0.3, 0.4) is 0 Å². The molecule has 0 atom stereocenters. The monoisotopic (exact) mass is 403 g/mol. The molecule has 160 valence electrons. The van der Waals surface area contributed by atoms with E-state index in [0.29, 0.717) is 18.2 Å². The van der Waals surface area contributed by atoms with E-state index in [0.717, 1.165) is 43.7 Å². The lowest BCUT2D eigenvalue weighted by atomic mass is 9.79. The van der Waals surface area contributed by atoms with Crippen LogP contribution in [0, 0.1) is 18.2 Å². The lowest BCUT2D eigenvalue weighted by molar-refractivity contribution is 0.169. The van der Waals surface area contributed by atoms with Crippen molar-refractivity contribution in [3.8, 4) is 5.69 Å². The van der Waals surface area contributed by atoms with Gasteiger partial charge in [-0.1, -0.05) is 19.9 Å². The highest BCUT2D eigenvalue weighted by molar-refractivity contribution is 5.79. The molecular formula is C22H34FN5O. The summed E-state index contributed by atoms with van der Waals surface area (Å²) in [6.45, 7) is 10.2. The minimum absolute atomic E-state index is 0.0430. The summed E-state index contributed by atoms with van der Waals surface area (Å²) in [4.78, 5) is 8.76. The van der Waals surface area contributed by atoms with Gasteiger partial charge in [0.1, 0.15) is 11.6 Å². The van der Waals surface area contributed by atoms with Crippen LogP contribution < -0.4 is 10.6 Å². The SMILES string of the molecule is CCNC(=NCc1ccc(-n2ccnc2C)c(F)c1)NCC(CC)(CC)CCO. The van der Waals surface area contributed by atoms with Gasteiger partial charge in [-0.2, -0.15) is 0 Å². The minimum atomic E-state index is -0.296. The van der Waals surface area contributed by atoms with E-state index < -0.39 is 0 Å². The van der Waals surface area contributed by atoms with E-state index in [-0.39, 0.29) is 17.8 Å². The maximum absolute atomic E-state index is 14.6. The number of halogens is 1. The minimum Gasteiger partial charge on any atom is -0.396 e. The first-order valence-electron chi connectivity index (χ1n) is 10.4. The number of hydrogen-bond acceptors (Lipinski definition) is 3. The summed E-state index contributed by atoms with van der Waals surface area (Å²) in [5, 5.41) is 16.0. The molecule has 3 N–H and O–H groups in total. The normalized spacial score (nSPS) is 12.3. The fourth-order valence-electron chi connectivity index (χ4n) is 3.44. The van der Waals surface area contributed by atoms with Gasteiger partial charge in [0.2, 0.25) is 0 Å². The van der Waals surface area contributed by atoms with Gasteiger partial charge in [-0.05, 0) is 56.2 Å². The highest BCUT2D eigenvalue weighted by atomic mass is 19.1. The molecule has 0 aliphatic carbocycles. The molecule has 0 aliphatic heterocycles. The number of nitrogens with one attached hydrogen (secondary N) is 2. The van der Waals surface area contributed by atoms with Crippen LogP contribution in [0.4, 0.5) is 4.39 Å². The van der Waals surface area contributed by atoms with E-state index in [1.54, 1.807) is 23.0 Å². The standard InChI is InChI=1S/C22H34FN5O/c1-5-22(6-2,10-13-29)16-27-21(24-7-3)26-15-18-8-9-20(19(23)14-18)28-12-11-25-17(28)4/h8-9,11-12,14,29H,5-7,10,13,15-16H2,1-4H3,(H2,24,26,27). The van der Waals surface area contributed by atoms with E-state index in [4.69, 9.17) is 0 Å². The van der Waals surface area contributed by atoms with Gasteiger partial charge in [0.15, 0.2) is 5.96 Å². The zero-order valence-electron chi connectivity index (χ0n) is 18.0. The van der Waals surface area contributed by atoms with Crippen molar-refractivity contribution in [2.75, 3.05) is 19.7 Å². The summed E-state index contributed by atoms with van der Waals surface area (Å²) in [6.07, 6.45) is 6.13. The Labute approximate surface area is 173 Å². The molecule has 1 heterocycles. The summed E-state index contributed by atoms with van der Waals surface area (Å²) < 4.78 is 16.3. The second-order valence-corrected chi connectivity index (χ2v) is 7.36. The number of nitrogens with zero attached hydrogens (tertiary/aromatic N) is 3. The lowest BCUT2D eigenvalue weighted by Crippen LogP contribution is -2.43. The van der Waals surface area contributed by atoms with E-state index in [2.05, 4.69) is 34.5 Å². The Balaban J connectivity index is 2.10. The van der Waals surface area contributed by atoms with Crippen molar-refractivity contribution in [3.05, 3.63) is 47.8 Å². The average Bonchev–Trinajstić information content (AvgIpc) is 3.14. The van der Waals surface area contributed by atoms with E-state index in [1.807, 2.05) is 19.9 Å². The third-order valence-corrected chi connectivity index (χ3v) is 5.63. The van der Waals surface area contributed by atoms with Gasteiger partial charge in [-0.15, -0.1) is 0 Å². The van der Waals surface area contributed by atoms with Gasteiger partial charge in [0.25, 0.3) is 0 Å². The van der Waals surface area contributed by atoms with Crippen LogP contribution in [0.5, 0.6) is 0 Å². The summed E-state index contributed by atoms with van der Waals surface area (Å²) in [5.41, 5.74) is 1.33. The summed E-state index contributed by atoms with van der Waals surface area (Å²) in [7, 11) is 0. The molecule has 2 rings (SSSR count). The van der Waals surface area contributed by atoms with Crippen molar-refractivity contribution >= 4 is 5.96 Å². The largest absolute Gasteiger partial charge is 0.396 e. The zero-order chi connectivity index (χ0) is 21.3. The molecule has 1 aromatic carbocycles. The second kappa shape index (κ2) is 11.0. The van der Waals surface area contributed by atoms with Gasteiger partial charge < -0.3 is 20.3 Å². The molecule has 7 heteroatoms. The first-order valence-corrected chi connectivity index (χ1v) is 10.4. The van der Waals surface area contributed by atoms with Gasteiger partial charge in [-0.3, -0.25) is 0 Å². The van der Waals surface area contributed by atoms with Crippen LogP contribution >= 0.6 is 0 Å². The van der Waals surface area contributed by atoms with Crippen molar-refractivity contribution in [2.24, 2.45) is 10.4 Å². The number of rotatable bonds is 10. The predicted molar refractivity (Wildman–Crippen MR) is 116 cm³/mol. The number of aryl methyl sites for hydroxylation is 1. The zero-order valence-corrected chi connectivity index (χ0v) is 18.0. The number of aliphatic imine (C=N–C) groups is 1. The number of guanidine groups is 1. The number of aromatic nitrogens is 2. The van der Waals surface area contributed by atoms with Gasteiger partial charge in [-0.25, -0.2) is 14.4 Å². The lowest BCUT2D eigenvalue weighted by Gasteiger charge is -2.32. The topological polar surface area (TPSA) is 74.5 Å².